The molecule has 2 aromatic rings. The highest BCUT2D eigenvalue weighted by atomic mass is 35.5. The zero-order chi connectivity index (χ0) is 18.3. The number of rotatable bonds is 3. The number of carbonyl (C=O) groups is 2. The van der Waals surface area contributed by atoms with Crippen LogP contribution in [0.5, 0.6) is 0 Å². The Balaban J connectivity index is 1.66. The lowest BCUT2D eigenvalue weighted by atomic mass is 10.1. The van der Waals surface area contributed by atoms with Crippen LogP contribution in [-0.4, -0.2) is 46.9 Å². The van der Waals surface area contributed by atoms with Gasteiger partial charge in [-0.1, -0.05) is 11.6 Å². The molecule has 0 N–H and O–H groups in total. The van der Waals surface area contributed by atoms with E-state index in [4.69, 9.17) is 16.3 Å². The zero-order valence-corrected chi connectivity index (χ0v) is 15.0. The summed E-state index contributed by atoms with van der Waals surface area (Å²) < 4.78 is 4.76. The van der Waals surface area contributed by atoms with Crippen molar-refractivity contribution in [2.45, 2.75) is 19.5 Å². The van der Waals surface area contributed by atoms with E-state index < -0.39 is 5.97 Å². The van der Waals surface area contributed by atoms with Gasteiger partial charge in [0.15, 0.2) is 0 Å². The Morgan fingerprint density at radius 1 is 1.12 bits per heavy atom. The van der Waals surface area contributed by atoms with Gasteiger partial charge in [0.05, 0.1) is 25.9 Å². The first-order chi connectivity index (χ1) is 12.6. The SMILES string of the molecule is COC(=O)c1nc2c(c(N3CCC3)n1)CN(C(=O)c1ccc(Cl)cc1)C2. The van der Waals surface area contributed by atoms with Crippen LogP contribution in [0, 0.1) is 0 Å². The van der Waals surface area contributed by atoms with Crippen molar-refractivity contribution < 1.29 is 14.3 Å². The number of anilines is 1. The third-order valence-electron chi connectivity index (χ3n) is 4.66. The molecular weight excluding hydrogens is 356 g/mol. The maximum Gasteiger partial charge on any atom is 0.376 e. The summed E-state index contributed by atoms with van der Waals surface area (Å²) in [5.74, 6) is 0.0906. The van der Waals surface area contributed by atoms with Crippen molar-refractivity contribution in [3.05, 3.63) is 51.9 Å². The fourth-order valence-corrected chi connectivity index (χ4v) is 3.25. The Hall–Kier alpha value is -2.67. The summed E-state index contributed by atoms with van der Waals surface area (Å²) in [5, 5.41) is 0.583. The first-order valence-corrected chi connectivity index (χ1v) is 8.72. The molecule has 1 saturated heterocycles. The van der Waals surface area contributed by atoms with E-state index in [9.17, 15) is 9.59 Å². The molecule has 2 aliphatic heterocycles. The molecule has 4 rings (SSSR count). The normalized spacial score (nSPS) is 15.5. The van der Waals surface area contributed by atoms with Crippen molar-refractivity contribution in [3.63, 3.8) is 0 Å². The predicted molar refractivity (Wildman–Crippen MR) is 95.2 cm³/mol. The fourth-order valence-electron chi connectivity index (χ4n) is 3.13. The average Bonchev–Trinajstić information content (AvgIpc) is 3.04. The van der Waals surface area contributed by atoms with E-state index >= 15 is 0 Å². The lowest BCUT2D eigenvalue weighted by Crippen LogP contribution is -2.39. The van der Waals surface area contributed by atoms with Gasteiger partial charge in [0.25, 0.3) is 5.91 Å². The second-order valence-corrected chi connectivity index (χ2v) is 6.73. The van der Waals surface area contributed by atoms with Crippen LogP contribution in [0.1, 0.15) is 38.7 Å². The molecule has 0 radical (unpaired) electrons. The molecule has 26 heavy (non-hydrogen) atoms. The van der Waals surface area contributed by atoms with Crippen LogP contribution < -0.4 is 4.90 Å². The number of hydrogen-bond donors (Lipinski definition) is 0. The van der Waals surface area contributed by atoms with Crippen molar-refractivity contribution in [1.82, 2.24) is 14.9 Å². The van der Waals surface area contributed by atoms with E-state index in [1.165, 1.54) is 7.11 Å². The molecule has 1 aromatic heterocycles. The number of carbonyl (C=O) groups excluding carboxylic acids is 2. The molecular formula is C18H17ClN4O3. The number of aromatic nitrogens is 2. The molecule has 134 valence electrons. The standard InChI is InChI=1S/C18H17ClN4O3/c1-26-18(25)15-20-14-10-23(17(24)11-3-5-12(19)6-4-11)9-13(14)16(21-15)22-7-2-8-22/h3-6H,2,7-10H2,1H3. The maximum atomic E-state index is 12.8. The molecule has 3 heterocycles. The molecule has 0 saturated carbocycles. The van der Waals surface area contributed by atoms with Gasteiger partial charge in [0.2, 0.25) is 5.82 Å². The minimum atomic E-state index is -0.572. The van der Waals surface area contributed by atoms with E-state index in [0.29, 0.717) is 29.4 Å². The number of hydrogen-bond acceptors (Lipinski definition) is 6. The number of methoxy groups -OCH3 is 1. The Morgan fingerprint density at radius 3 is 2.46 bits per heavy atom. The first-order valence-electron chi connectivity index (χ1n) is 8.34. The van der Waals surface area contributed by atoms with Gasteiger partial charge in [0.1, 0.15) is 5.82 Å². The molecule has 0 unspecified atom stereocenters. The van der Waals surface area contributed by atoms with Crippen LogP contribution in [0.25, 0.3) is 0 Å². The summed E-state index contributed by atoms with van der Waals surface area (Å²) in [5.41, 5.74) is 2.16. The minimum Gasteiger partial charge on any atom is -0.463 e. The van der Waals surface area contributed by atoms with Gasteiger partial charge in [-0.2, -0.15) is 0 Å². The highest BCUT2D eigenvalue weighted by Crippen LogP contribution is 2.32. The summed E-state index contributed by atoms with van der Waals surface area (Å²) in [6.45, 7) is 2.53. The van der Waals surface area contributed by atoms with Gasteiger partial charge in [-0.15, -0.1) is 0 Å². The van der Waals surface area contributed by atoms with Crippen LogP contribution in [0.15, 0.2) is 24.3 Å². The molecule has 7 nitrogen and oxygen atoms in total. The number of benzene rings is 1. The molecule has 0 spiro atoms. The quantitative estimate of drug-likeness (QED) is 0.769. The molecule has 1 amide bonds. The van der Waals surface area contributed by atoms with Crippen LogP contribution in [0.4, 0.5) is 5.82 Å². The Morgan fingerprint density at radius 2 is 1.85 bits per heavy atom. The summed E-state index contributed by atoms with van der Waals surface area (Å²) in [6.07, 6.45) is 1.08. The highest BCUT2D eigenvalue weighted by molar-refractivity contribution is 6.30. The van der Waals surface area contributed by atoms with E-state index in [-0.39, 0.29) is 11.7 Å². The molecule has 8 heteroatoms. The van der Waals surface area contributed by atoms with Gasteiger partial charge in [-0.3, -0.25) is 4.79 Å². The van der Waals surface area contributed by atoms with E-state index in [1.807, 2.05) is 0 Å². The molecule has 0 aliphatic carbocycles. The van der Waals surface area contributed by atoms with Crippen LogP contribution in [0.3, 0.4) is 0 Å². The smallest absolute Gasteiger partial charge is 0.376 e. The van der Waals surface area contributed by atoms with E-state index in [1.54, 1.807) is 29.2 Å². The largest absolute Gasteiger partial charge is 0.463 e. The first kappa shape index (κ1) is 16.8. The van der Waals surface area contributed by atoms with Crippen molar-refractivity contribution in [3.8, 4) is 0 Å². The van der Waals surface area contributed by atoms with E-state index in [0.717, 1.165) is 30.9 Å². The molecule has 0 bridgehead atoms. The Labute approximate surface area is 155 Å². The summed E-state index contributed by atoms with van der Waals surface area (Å²) in [4.78, 5) is 37.2. The molecule has 2 aliphatic rings. The number of fused-ring (bicyclic) bond motifs is 1. The van der Waals surface area contributed by atoms with Crippen molar-refractivity contribution >= 4 is 29.3 Å². The topological polar surface area (TPSA) is 75.6 Å². The molecule has 1 aromatic carbocycles. The lowest BCUT2D eigenvalue weighted by Gasteiger charge is -2.33. The molecule has 0 atom stereocenters. The summed E-state index contributed by atoms with van der Waals surface area (Å²) in [6, 6.07) is 6.79. The second-order valence-electron chi connectivity index (χ2n) is 6.30. The number of ether oxygens (including phenoxy) is 1. The van der Waals surface area contributed by atoms with Gasteiger partial charge in [0, 0.05) is 29.2 Å². The van der Waals surface area contributed by atoms with Gasteiger partial charge < -0.3 is 14.5 Å². The molecule has 1 fully saturated rings. The highest BCUT2D eigenvalue weighted by Gasteiger charge is 2.33. The fraction of sp³-hybridized carbons (Fsp3) is 0.333. The Kier molecular flexibility index (Phi) is 4.24. The third-order valence-corrected chi connectivity index (χ3v) is 4.91. The summed E-state index contributed by atoms with van der Waals surface area (Å²) >= 11 is 5.90. The van der Waals surface area contributed by atoms with Crippen LogP contribution in [0.2, 0.25) is 5.02 Å². The van der Waals surface area contributed by atoms with Gasteiger partial charge in [-0.25, -0.2) is 14.8 Å². The van der Waals surface area contributed by atoms with Crippen molar-refractivity contribution in [2.24, 2.45) is 0 Å². The number of esters is 1. The zero-order valence-electron chi connectivity index (χ0n) is 14.2. The van der Waals surface area contributed by atoms with Crippen LogP contribution in [-0.2, 0) is 17.8 Å². The monoisotopic (exact) mass is 372 g/mol. The summed E-state index contributed by atoms with van der Waals surface area (Å²) in [7, 11) is 1.30. The third kappa shape index (κ3) is 2.88. The lowest BCUT2D eigenvalue weighted by molar-refractivity contribution is 0.0586. The minimum absolute atomic E-state index is 0.0361. The number of halogens is 1. The predicted octanol–water partition coefficient (Wildman–Crippen LogP) is 2.28. The van der Waals surface area contributed by atoms with Crippen molar-refractivity contribution in [1.29, 1.82) is 0 Å². The second kappa shape index (κ2) is 6.57. The average molecular weight is 373 g/mol. The van der Waals surface area contributed by atoms with E-state index in [2.05, 4.69) is 14.9 Å². The van der Waals surface area contributed by atoms with Crippen LogP contribution >= 0.6 is 11.6 Å². The van der Waals surface area contributed by atoms with Gasteiger partial charge in [-0.05, 0) is 30.7 Å². The van der Waals surface area contributed by atoms with Crippen molar-refractivity contribution in [2.75, 3.05) is 25.1 Å². The Bertz CT molecular complexity index is 881. The van der Waals surface area contributed by atoms with Gasteiger partial charge >= 0.3 is 5.97 Å². The number of amides is 1. The maximum absolute atomic E-state index is 12.8. The number of nitrogens with zero attached hydrogens (tertiary/aromatic N) is 4.